The summed E-state index contributed by atoms with van der Waals surface area (Å²) in [7, 11) is 2.01. The highest BCUT2D eigenvalue weighted by molar-refractivity contribution is 5.87. The normalized spacial score (nSPS) is 25.5. The molecule has 2 amide bonds. The molecule has 6 rings (SSSR count). The van der Waals surface area contributed by atoms with Gasteiger partial charge in [0.15, 0.2) is 11.5 Å². The topological polar surface area (TPSA) is 147 Å². The number of benzene rings is 2. The van der Waals surface area contributed by atoms with Crippen LogP contribution in [-0.2, 0) is 22.4 Å². The Labute approximate surface area is 264 Å². The third kappa shape index (κ3) is 4.86. The van der Waals surface area contributed by atoms with E-state index < -0.39 is 18.1 Å². The van der Waals surface area contributed by atoms with Gasteiger partial charge in [0.25, 0.3) is 0 Å². The van der Waals surface area contributed by atoms with Crippen molar-refractivity contribution in [2.75, 3.05) is 20.4 Å². The van der Waals surface area contributed by atoms with E-state index in [1.54, 1.807) is 13.8 Å². The van der Waals surface area contributed by atoms with Crippen molar-refractivity contribution < 1.29 is 29.3 Å². The lowest BCUT2D eigenvalue weighted by Crippen LogP contribution is -2.69. The van der Waals surface area contributed by atoms with Gasteiger partial charge >= 0.3 is 0 Å². The first-order valence-corrected chi connectivity index (χ1v) is 15.8. The van der Waals surface area contributed by atoms with E-state index in [-0.39, 0.29) is 60.7 Å². The van der Waals surface area contributed by atoms with Gasteiger partial charge in [0.2, 0.25) is 18.6 Å². The number of fused-ring (bicyclic) bond motifs is 9. The molecule has 1 unspecified atom stereocenters. The monoisotopic (exact) mass is 617 g/mol. The molecule has 6 atom stereocenters. The fourth-order valence-corrected chi connectivity index (χ4v) is 7.99. The van der Waals surface area contributed by atoms with Gasteiger partial charge in [-0.25, -0.2) is 0 Å². The maximum absolute atomic E-state index is 13.4. The molecule has 1 fully saturated rings. The molecule has 240 valence electrons. The van der Waals surface area contributed by atoms with Crippen molar-refractivity contribution in [2.24, 2.45) is 5.92 Å². The number of likely N-dealkylation sites (N-methyl/N-ethyl adjacent to an activating group) is 1. The van der Waals surface area contributed by atoms with Gasteiger partial charge in [0.05, 0.1) is 18.2 Å². The predicted octanol–water partition coefficient (Wildman–Crippen LogP) is 3.19. The van der Waals surface area contributed by atoms with E-state index in [4.69, 9.17) is 9.47 Å². The molecular formula is C34H43N5O6. The lowest BCUT2D eigenvalue weighted by Gasteiger charge is -2.60. The van der Waals surface area contributed by atoms with E-state index in [9.17, 15) is 25.1 Å². The van der Waals surface area contributed by atoms with Crippen molar-refractivity contribution in [1.29, 1.82) is 5.26 Å². The first kappa shape index (κ1) is 31.0. The summed E-state index contributed by atoms with van der Waals surface area (Å²) >= 11 is 0. The third-order valence-corrected chi connectivity index (χ3v) is 10.3. The highest BCUT2D eigenvalue weighted by atomic mass is 16.7. The number of hydrogen-bond donors (Lipinski definition) is 4. The number of hydrogen-bond acceptors (Lipinski definition) is 9. The van der Waals surface area contributed by atoms with Gasteiger partial charge in [-0.15, -0.1) is 0 Å². The summed E-state index contributed by atoms with van der Waals surface area (Å²) in [6.07, 6.45) is 1.30. The highest BCUT2D eigenvalue weighted by Gasteiger charge is 2.56. The van der Waals surface area contributed by atoms with Crippen molar-refractivity contribution >= 4 is 11.8 Å². The number of carbonyl (C=O) groups is 2. The average Bonchev–Trinajstić information content (AvgIpc) is 3.47. The number of aromatic hydroxyl groups is 2. The Balaban J connectivity index is 1.45. The van der Waals surface area contributed by atoms with Crippen molar-refractivity contribution in [3.8, 4) is 29.1 Å². The van der Waals surface area contributed by atoms with Gasteiger partial charge in [0, 0.05) is 47.3 Å². The van der Waals surface area contributed by atoms with Crippen LogP contribution in [0, 0.1) is 38.0 Å². The summed E-state index contributed by atoms with van der Waals surface area (Å²) in [5.41, 5.74) is 5.69. The Hall–Kier alpha value is -4.01. The molecule has 4 N–H and O–H groups in total. The molecule has 2 aromatic carbocycles. The van der Waals surface area contributed by atoms with Crippen LogP contribution in [0.5, 0.6) is 23.0 Å². The number of rotatable bonds is 6. The molecular weight excluding hydrogens is 574 g/mol. The first-order valence-electron chi connectivity index (χ1n) is 15.8. The number of nitrogens with one attached hydrogen (secondary N) is 2. The molecule has 0 radical (unpaired) electrons. The minimum absolute atomic E-state index is 0.00301. The summed E-state index contributed by atoms with van der Waals surface area (Å²) in [6.45, 7) is 11.4. The van der Waals surface area contributed by atoms with E-state index in [1.165, 1.54) is 0 Å². The number of phenols is 2. The summed E-state index contributed by atoms with van der Waals surface area (Å²) < 4.78 is 11.8. The van der Waals surface area contributed by atoms with Crippen molar-refractivity contribution in [3.63, 3.8) is 0 Å². The van der Waals surface area contributed by atoms with Gasteiger partial charge in [-0.05, 0) is 70.2 Å². The van der Waals surface area contributed by atoms with Gasteiger partial charge in [-0.2, -0.15) is 5.26 Å². The van der Waals surface area contributed by atoms with E-state index in [1.807, 2.05) is 34.7 Å². The van der Waals surface area contributed by atoms with Crippen LogP contribution in [0.4, 0.5) is 0 Å². The van der Waals surface area contributed by atoms with E-state index in [0.717, 1.165) is 22.3 Å². The number of nitrogens with zero attached hydrogens (tertiary/aromatic N) is 3. The number of piperazine rings is 1. The van der Waals surface area contributed by atoms with Crippen molar-refractivity contribution in [1.82, 2.24) is 20.4 Å². The smallest absolute Gasteiger partial charge is 0.242 e. The molecule has 4 aliphatic heterocycles. The minimum Gasteiger partial charge on any atom is -0.507 e. The molecule has 0 aliphatic carbocycles. The Morgan fingerprint density at radius 3 is 2.44 bits per heavy atom. The van der Waals surface area contributed by atoms with Crippen LogP contribution in [0.25, 0.3) is 0 Å². The summed E-state index contributed by atoms with van der Waals surface area (Å²) in [5.74, 6) is 0.978. The van der Waals surface area contributed by atoms with Crippen LogP contribution in [0.2, 0.25) is 0 Å². The second kappa shape index (κ2) is 11.4. The lowest BCUT2D eigenvalue weighted by atomic mass is 9.71. The van der Waals surface area contributed by atoms with Crippen LogP contribution < -0.4 is 20.1 Å². The fraction of sp³-hybridized carbons (Fsp3) is 0.559. The van der Waals surface area contributed by atoms with E-state index in [0.29, 0.717) is 47.5 Å². The maximum Gasteiger partial charge on any atom is 0.242 e. The van der Waals surface area contributed by atoms with Gasteiger partial charge in [0.1, 0.15) is 23.6 Å². The van der Waals surface area contributed by atoms with Crippen LogP contribution in [-0.4, -0.2) is 76.4 Å². The molecule has 4 aliphatic rings. The second-order valence-corrected chi connectivity index (χ2v) is 13.5. The molecule has 11 heteroatoms. The predicted molar refractivity (Wildman–Crippen MR) is 166 cm³/mol. The molecule has 2 aromatic rings. The molecule has 11 nitrogen and oxygen atoms in total. The quantitative estimate of drug-likeness (QED) is 0.384. The van der Waals surface area contributed by atoms with Crippen LogP contribution >= 0.6 is 0 Å². The van der Waals surface area contributed by atoms with Crippen LogP contribution in [0.15, 0.2) is 6.07 Å². The summed E-state index contributed by atoms with van der Waals surface area (Å²) in [6, 6.07) is 2.08. The number of amides is 2. The van der Waals surface area contributed by atoms with E-state index >= 15 is 0 Å². The molecule has 4 heterocycles. The van der Waals surface area contributed by atoms with Gasteiger partial charge < -0.3 is 30.3 Å². The SMILES string of the molecule is Cc1cc2c(c(O)c1C)[C@@H]1C3Cc4c(O)c(C)c5c(c4[C@H](CNC(=O)[C@@H](C)NC(=O)CC(C)C)N3[C@@H](C#N)[C@H](C2)N1C)OCO5. The summed E-state index contributed by atoms with van der Waals surface area (Å²) in [5, 5.41) is 39.7. The maximum atomic E-state index is 13.4. The fourth-order valence-electron chi connectivity index (χ4n) is 7.99. The molecule has 2 bridgehead atoms. The van der Waals surface area contributed by atoms with Gasteiger partial charge in [-0.3, -0.25) is 19.4 Å². The summed E-state index contributed by atoms with van der Waals surface area (Å²) in [4.78, 5) is 30.1. The van der Waals surface area contributed by atoms with E-state index in [2.05, 4.69) is 32.6 Å². The molecule has 45 heavy (non-hydrogen) atoms. The minimum atomic E-state index is -0.763. The number of aryl methyl sites for hydroxylation is 1. The third-order valence-electron chi connectivity index (χ3n) is 10.3. The second-order valence-electron chi connectivity index (χ2n) is 13.5. The highest BCUT2D eigenvalue weighted by Crippen LogP contribution is 2.57. The van der Waals surface area contributed by atoms with Crippen molar-refractivity contribution in [3.05, 3.63) is 45.0 Å². The number of phenolic OH excluding ortho intramolecular Hbond substituents is 2. The Morgan fingerprint density at radius 2 is 1.76 bits per heavy atom. The zero-order valence-corrected chi connectivity index (χ0v) is 27.0. The lowest BCUT2D eigenvalue weighted by molar-refractivity contribution is -0.129. The van der Waals surface area contributed by atoms with Crippen LogP contribution in [0.1, 0.15) is 78.2 Å². The standard InChI is InChI=1S/C34H43N5O6/c1-15(2)8-26(40)37-19(6)34(43)36-13-25-28-21(30(41)18(5)32-33(28)45-14-44-32)11-23-29-27-20(9-16(3)17(4)31(27)42)10-22(38(29)7)24(12-35)39(23)25/h9,15,19,22-25,29,41-42H,8,10-11,13-14H2,1-7H3,(H,36,43)(H,37,40)/t19-,22+,23?,24+,25+,29+/m1/s1. The zero-order valence-electron chi connectivity index (χ0n) is 27.0. The Bertz CT molecular complexity index is 1620. The zero-order chi connectivity index (χ0) is 32.5. The number of carbonyl (C=O) groups excluding carboxylic acids is 2. The molecule has 0 spiro atoms. The van der Waals surface area contributed by atoms with Gasteiger partial charge in [-0.1, -0.05) is 19.9 Å². The molecule has 0 saturated carbocycles. The first-order chi connectivity index (χ1) is 21.3. The van der Waals surface area contributed by atoms with Crippen LogP contribution in [0.3, 0.4) is 0 Å². The Morgan fingerprint density at radius 1 is 1.04 bits per heavy atom. The average molecular weight is 618 g/mol. The van der Waals surface area contributed by atoms with Crippen molar-refractivity contribution in [2.45, 2.75) is 97.1 Å². The molecule has 1 saturated heterocycles. The largest absolute Gasteiger partial charge is 0.507 e. The number of nitriles is 1. The Kier molecular flexibility index (Phi) is 7.86. The molecule has 0 aromatic heterocycles. The number of ether oxygens (including phenoxy) is 2.